The molecule has 3 rings (SSSR count). The Hall–Kier alpha value is -1.20. The van der Waals surface area contributed by atoms with Crippen LogP contribution in [-0.4, -0.2) is 42.3 Å². The highest BCUT2D eigenvalue weighted by atomic mass is 16.5. The molecule has 3 heterocycles. The highest BCUT2D eigenvalue weighted by Crippen LogP contribution is 2.26. The normalized spacial score (nSPS) is 22.7. The number of ether oxygens (including phenoxy) is 1. The third-order valence-corrected chi connectivity index (χ3v) is 4.17. The lowest BCUT2D eigenvalue weighted by molar-refractivity contribution is 0.0852. The molecule has 0 saturated carbocycles. The number of hydrogen-bond donors (Lipinski definition) is 1. The maximum atomic E-state index is 5.92. The van der Waals surface area contributed by atoms with Crippen LogP contribution in [0.3, 0.4) is 0 Å². The van der Waals surface area contributed by atoms with Crippen LogP contribution in [0.15, 0.2) is 12.4 Å². The molecule has 0 aromatic carbocycles. The quantitative estimate of drug-likeness (QED) is 0.870. The van der Waals surface area contributed by atoms with Crippen LogP contribution in [0.25, 0.3) is 0 Å². The van der Waals surface area contributed by atoms with Crippen LogP contribution in [0, 0.1) is 0 Å². The van der Waals surface area contributed by atoms with E-state index in [1.54, 1.807) is 0 Å². The lowest BCUT2D eigenvalue weighted by atomic mass is 9.94. The molecule has 0 spiro atoms. The lowest BCUT2D eigenvalue weighted by Gasteiger charge is -2.30. The van der Waals surface area contributed by atoms with Crippen molar-refractivity contribution in [1.82, 2.24) is 9.97 Å². The molecule has 2 N–H and O–H groups in total. The van der Waals surface area contributed by atoms with Crippen molar-refractivity contribution in [2.24, 2.45) is 5.73 Å². The van der Waals surface area contributed by atoms with Gasteiger partial charge in [-0.3, -0.25) is 0 Å². The number of hydrogen-bond acceptors (Lipinski definition) is 5. The topological polar surface area (TPSA) is 64.3 Å². The SMILES string of the molecule is NC1CCN(c2ncc(C3CCOCC3)cn2)CC1. The molecule has 5 heteroatoms. The van der Waals surface area contributed by atoms with E-state index < -0.39 is 0 Å². The molecule has 0 atom stereocenters. The third-order valence-electron chi connectivity index (χ3n) is 4.17. The summed E-state index contributed by atoms with van der Waals surface area (Å²) in [7, 11) is 0. The molecule has 0 aliphatic carbocycles. The molecule has 2 aliphatic rings. The lowest BCUT2D eigenvalue weighted by Crippen LogP contribution is -2.40. The number of aromatic nitrogens is 2. The van der Waals surface area contributed by atoms with Crippen LogP contribution in [0.5, 0.6) is 0 Å². The van der Waals surface area contributed by atoms with Crippen molar-refractivity contribution in [3.8, 4) is 0 Å². The number of piperidine rings is 1. The Bertz CT molecular complexity index is 394. The minimum atomic E-state index is 0.345. The number of nitrogens with two attached hydrogens (primary N) is 1. The van der Waals surface area contributed by atoms with E-state index in [2.05, 4.69) is 14.9 Å². The van der Waals surface area contributed by atoms with Crippen LogP contribution in [-0.2, 0) is 4.74 Å². The van der Waals surface area contributed by atoms with E-state index in [1.165, 1.54) is 5.56 Å². The second kappa shape index (κ2) is 5.84. The Kier molecular flexibility index (Phi) is 3.94. The van der Waals surface area contributed by atoms with Gasteiger partial charge < -0.3 is 15.4 Å². The Morgan fingerprint density at radius 1 is 1.05 bits per heavy atom. The summed E-state index contributed by atoms with van der Waals surface area (Å²) < 4.78 is 5.39. The third kappa shape index (κ3) is 3.04. The van der Waals surface area contributed by atoms with E-state index >= 15 is 0 Å². The Morgan fingerprint density at radius 3 is 2.32 bits per heavy atom. The Labute approximate surface area is 114 Å². The van der Waals surface area contributed by atoms with Gasteiger partial charge in [-0.15, -0.1) is 0 Å². The van der Waals surface area contributed by atoms with E-state index in [9.17, 15) is 0 Å². The summed E-state index contributed by atoms with van der Waals surface area (Å²) in [5.41, 5.74) is 7.17. The molecule has 19 heavy (non-hydrogen) atoms. The molecule has 2 aliphatic heterocycles. The monoisotopic (exact) mass is 262 g/mol. The molecule has 104 valence electrons. The van der Waals surface area contributed by atoms with Gasteiger partial charge in [-0.05, 0) is 37.2 Å². The van der Waals surface area contributed by atoms with Crippen molar-refractivity contribution in [1.29, 1.82) is 0 Å². The standard InChI is InChI=1S/C14H22N4O/c15-13-1-5-18(6-2-13)14-16-9-12(10-17-14)11-3-7-19-8-4-11/h9-11,13H,1-8,15H2. The van der Waals surface area contributed by atoms with Crippen molar-refractivity contribution in [2.45, 2.75) is 37.6 Å². The van der Waals surface area contributed by atoms with Crippen LogP contribution >= 0.6 is 0 Å². The van der Waals surface area contributed by atoms with Crippen LogP contribution in [0.1, 0.15) is 37.2 Å². The fourth-order valence-corrected chi connectivity index (χ4v) is 2.84. The van der Waals surface area contributed by atoms with E-state index in [1.807, 2.05) is 12.4 Å². The second-order valence-electron chi connectivity index (χ2n) is 5.53. The molecule has 0 bridgehead atoms. The molecule has 5 nitrogen and oxygen atoms in total. The molecule has 0 unspecified atom stereocenters. The molecule has 0 radical (unpaired) electrons. The van der Waals surface area contributed by atoms with E-state index in [-0.39, 0.29) is 0 Å². The molecule has 1 aromatic rings. The minimum absolute atomic E-state index is 0.345. The number of rotatable bonds is 2. The molecule has 0 amide bonds. The van der Waals surface area contributed by atoms with Gasteiger partial charge in [0.1, 0.15) is 0 Å². The van der Waals surface area contributed by atoms with Gasteiger partial charge in [0.05, 0.1) is 0 Å². The minimum Gasteiger partial charge on any atom is -0.381 e. The van der Waals surface area contributed by atoms with Gasteiger partial charge in [-0.1, -0.05) is 0 Å². The first-order chi connectivity index (χ1) is 9.33. The first-order valence-corrected chi connectivity index (χ1v) is 7.23. The highest BCUT2D eigenvalue weighted by Gasteiger charge is 2.20. The zero-order valence-corrected chi connectivity index (χ0v) is 11.3. The summed E-state index contributed by atoms with van der Waals surface area (Å²) in [4.78, 5) is 11.3. The molecular formula is C14H22N4O. The summed E-state index contributed by atoms with van der Waals surface area (Å²) in [5.74, 6) is 1.42. The summed E-state index contributed by atoms with van der Waals surface area (Å²) >= 11 is 0. The molecule has 2 saturated heterocycles. The van der Waals surface area contributed by atoms with Gasteiger partial charge in [0.15, 0.2) is 0 Å². The predicted molar refractivity (Wildman–Crippen MR) is 74.2 cm³/mol. The summed E-state index contributed by atoms with van der Waals surface area (Å²) in [5, 5.41) is 0. The first-order valence-electron chi connectivity index (χ1n) is 7.23. The van der Waals surface area contributed by atoms with Crippen LogP contribution in [0.2, 0.25) is 0 Å². The van der Waals surface area contributed by atoms with Gasteiger partial charge in [-0.2, -0.15) is 0 Å². The first kappa shape index (κ1) is 12.8. The van der Waals surface area contributed by atoms with Gasteiger partial charge in [0.2, 0.25) is 5.95 Å². The smallest absolute Gasteiger partial charge is 0.225 e. The van der Waals surface area contributed by atoms with Crippen molar-refractivity contribution in [2.75, 3.05) is 31.2 Å². The maximum Gasteiger partial charge on any atom is 0.225 e. The van der Waals surface area contributed by atoms with Crippen LogP contribution in [0.4, 0.5) is 5.95 Å². The van der Waals surface area contributed by atoms with Gasteiger partial charge in [-0.25, -0.2) is 9.97 Å². The average Bonchev–Trinajstić information content (AvgIpc) is 2.49. The van der Waals surface area contributed by atoms with Gasteiger partial charge in [0, 0.05) is 44.7 Å². The average molecular weight is 262 g/mol. The Balaban J connectivity index is 1.65. The summed E-state index contributed by atoms with van der Waals surface area (Å²) in [6, 6.07) is 0.345. The van der Waals surface area contributed by atoms with Gasteiger partial charge >= 0.3 is 0 Å². The summed E-state index contributed by atoms with van der Waals surface area (Å²) in [6.07, 6.45) is 8.22. The fraction of sp³-hybridized carbons (Fsp3) is 0.714. The molecule has 2 fully saturated rings. The largest absolute Gasteiger partial charge is 0.381 e. The summed E-state index contributed by atoms with van der Waals surface area (Å²) in [6.45, 7) is 3.66. The van der Waals surface area contributed by atoms with Crippen molar-refractivity contribution >= 4 is 5.95 Å². The number of nitrogens with zero attached hydrogens (tertiary/aromatic N) is 3. The maximum absolute atomic E-state index is 5.92. The molecule has 1 aromatic heterocycles. The van der Waals surface area contributed by atoms with E-state index in [0.29, 0.717) is 12.0 Å². The van der Waals surface area contributed by atoms with Gasteiger partial charge in [0.25, 0.3) is 0 Å². The zero-order valence-electron chi connectivity index (χ0n) is 11.3. The van der Waals surface area contributed by atoms with E-state index in [0.717, 1.165) is 57.9 Å². The Morgan fingerprint density at radius 2 is 1.68 bits per heavy atom. The highest BCUT2D eigenvalue weighted by molar-refractivity contribution is 5.31. The van der Waals surface area contributed by atoms with E-state index in [4.69, 9.17) is 10.5 Å². The fourth-order valence-electron chi connectivity index (χ4n) is 2.84. The second-order valence-corrected chi connectivity index (χ2v) is 5.53. The van der Waals surface area contributed by atoms with Crippen molar-refractivity contribution in [3.63, 3.8) is 0 Å². The zero-order chi connectivity index (χ0) is 13.1. The predicted octanol–water partition coefficient (Wildman–Crippen LogP) is 1.30. The van der Waals surface area contributed by atoms with Crippen molar-refractivity contribution in [3.05, 3.63) is 18.0 Å². The van der Waals surface area contributed by atoms with Crippen LogP contribution < -0.4 is 10.6 Å². The van der Waals surface area contributed by atoms with Crippen molar-refractivity contribution < 1.29 is 4.74 Å². The number of anilines is 1. The molecular weight excluding hydrogens is 240 g/mol.